The van der Waals surface area contributed by atoms with Crippen LogP contribution in [-0.4, -0.2) is 73.9 Å². The number of carbonyl (C=O) groups excluding carboxylic acids is 1. The predicted octanol–water partition coefficient (Wildman–Crippen LogP) is 6.46. The second-order valence-corrected chi connectivity index (χ2v) is 11.4. The van der Waals surface area contributed by atoms with Gasteiger partial charge >= 0.3 is 5.97 Å². The minimum absolute atomic E-state index is 0. The Morgan fingerprint density at radius 3 is 2.33 bits per heavy atom. The highest BCUT2D eigenvalue weighted by molar-refractivity contribution is 6.39. The maximum atomic E-state index is 13.0. The summed E-state index contributed by atoms with van der Waals surface area (Å²) < 4.78 is 11.3. The number of fused-ring (bicyclic) bond motifs is 1. The molecule has 2 fully saturated rings. The first-order valence-electron chi connectivity index (χ1n) is 13.1. The van der Waals surface area contributed by atoms with E-state index in [1.807, 2.05) is 30.3 Å². The molecule has 0 spiro atoms. The molecule has 1 heterocycles. The Kier molecular flexibility index (Phi) is 11.4. The first-order valence-corrected chi connectivity index (χ1v) is 13.9. The third kappa shape index (κ3) is 6.99. The van der Waals surface area contributed by atoms with Gasteiger partial charge in [0, 0.05) is 38.6 Å². The van der Waals surface area contributed by atoms with Gasteiger partial charge in [0.2, 0.25) is 0 Å². The Balaban J connectivity index is 0.00000220. The van der Waals surface area contributed by atoms with E-state index in [0.717, 1.165) is 54.8 Å². The van der Waals surface area contributed by atoms with Crippen molar-refractivity contribution < 1.29 is 19.4 Å². The van der Waals surface area contributed by atoms with E-state index in [2.05, 4.69) is 22.9 Å². The Morgan fingerprint density at radius 1 is 1.00 bits per heavy atom. The first kappa shape index (κ1) is 32.7. The zero-order valence-corrected chi connectivity index (χ0v) is 25.8. The van der Waals surface area contributed by atoms with Gasteiger partial charge in [0.05, 0.1) is 28.3 Å². The van der Waals surface area contributed by atoms with Gasteiger partial charge in [0.25, 0.3) is 0 Å². The van der Waals surface area contributed by atoms with Gasteiger partial charge in [0.1, 0.15) is 11.9 Å². The number of hydrogen-bond acceptors (Lipinski definition) is 6. The third-order valence-electron chi connectivity index (χ3n) is 8.13. The van der Waals surface area contributed by atoms with Crippen molar-refractivity contribution >= 4 is 64.8 Å². The van der Waals surface area contributed by atoms with Crippen LogP contribution in [0.2, 0.25) is 10.0 Å². The zero-order chi connectivity index (χ0) is 26.9. The number of likely N-dealkylation sites (N-methyl/N-ethyl adjacent to an activating group) is 1. The quantitative estimate of drug-likeness (QED) is 0.316. The van der Waals surface area contributed by atoms with E-state index >= 15 is 0 Å². The number of benzene rings is 3. The highest BCUT2D eigenvalue weighted by Crippen LogP contribution is 2.44. The number of rotatable bonds is 6. The molecule has 3 atom stereocenters. The average molecular weight is 630 g/mol. The fourth-order valence-corrected chi connectivity index (χ4v) is 6.35. The minimum atomic E-state index is -1.04. The standard InChI is InChI=1S/C30H34Cl2N2O4.2ClH/c1-33-12-14-34(15-13-33)19-23-18-25(38-29(35)28-26(31)4-3-5-27(28)32)10-11-30(23,36)22-8-6-21-17-24(37-2)9-7-20(21)16-22;;/h3-9,16-17,23,25,36H,10-15,18-19H2,1-2H3;2*1H. The molecule has 3 unspecified atom stereocenters. The van der Waals surface area contributed by atoms with E-state index in [4.69, 9.17) is 32.7 Å². The Bertz CT molecular complexity index is 1300. The molecule has 0 amide bonds. The van der Waals surface area contributed by atoms with E-state index in [-0.39, 0.29) is 52.4 Å². The van der Waals surface area contributed by atoms with Crippen molar-refractivity contribution in [2.24, 2.45) is 5.92 Å². The molecule has 0 aromatic heterocycles. The third-order valence-corrected chi connectivity index (χ3v) is 8.76. The van der Waals surface area contributed by atoms with Crippen molar-refractivity contribution in [2.45, 2.75) is 31.0 Å². The molecule has 1 saturated carbocycles. The molecule has 1 aliphatic carbocycles. The lowest BCUT2D eigenvalue weighted by molar-refractivity contribution is -0.100. The average Bonchev–Trinajstić information content (AvgIpc) is 2.91. The summed E-state index contributed by atoms with van der Waals surface area (Å²) in [7, 11) is 3.79. The molecule has 1 aliphatic heterocycles. The van der Waals surface area contributed by atoms with Gasteiger partial charge < -0.3 is 24.4 Å². The van der Waals surface area contributed by atoms with Gasteiger partial charge in [-0.05, 0) is 73.0 Å². The van der Waals surface area contributed by atoms with Crippen molar-refractivity contribution in [3.05, 3.63) is 75.8 Å². The molecule has 10 heteroatoms. The van der Waals surface area contributed by atoms with Crippen LogP contribution in [-0.2, 0) is 10.3 Å². The van der Waals surface area contributed by atoms with Gasteiger partial charge in [-0.25, -0.2) is 4.79 Å². The van der Waals surface area contributed by atoms with E-state index in [9.17, 15) is 9.90 Å². The molecule has 3 aromatic carbocycles. The molecule has 40 heavy (non-hydrogen) atoms. The lowest BCUT2D eigenvalue weighted by atomic mass is 9.70. The molecule has 1 N–H and O–H groups in total. The van der Waals surface area contributed by atoms with Crippen LogP contribution in [0, 0.1) is 5.92 Å². The van der Waals surface area contributed by atoms with Crippen LogP contribution in [0.3, 0.4) is 0 Å². The summed E-state index contributed by atoms with van der Waals surface area (Å²) in [5.41, 5.74) is 0.0491. The van der Waals surface area contributed by atoms with Crippen molar-refractivity contribution in [3.63, 3.8) is 0 Å². The summed E-state index contributed by atoms with van der Waals surface area (Å²) in [5.74, 6) is 0.168. The van der Waals surface area contributed by atoms with Gasteiger partial charge in [-0.15, -0.1) is 24.8 Å². The molecule has 1 saturated heterocycles. The monoisotopic (exact) mass is 628 g/mol. The number of esters is 1. The highest BCUT2D eigenvalue weighted by Gasteiger charge is 2.45. The predicted molar refractivity (Wildman–Crippen MR) is 166 cm³/mol. The van der Waals surface area contributed by atoms with Gasteiger partial charge in [-0.1, -0.05) is 47.5 Å². The number of carbonyl (C=O) groups is 1. The Morgan fingerprint density at radius 2 is 1.65 bits per heavy atom. The maximum absolute atomic E-state index is 13.0. The smallest absolute Gasteiger partial charge is 0.341 e. The second kappa shape index (κ2) is 13.9. The van der Waals surface area contributed by atoms with E-state index in [1.54, 1.807) is 25.3 Å². The first-order chi connectivity index (χ1) is 18.3. The lowest BCUT2D eigenvalue weighted by Crippen LogP contribution is -2.52. The Labute approximate surface area is 258 Å². The summed E-state index contributed by atoms with van der Waals surface area (Å²) in [6, 6.07) is 17.1. The fraction of sp³-hybridized carbons (Fsp3) is 0.433. The SMILES string of the molecule is COc1ccc2cc(C3(O)CCC(OC(=O)c4c(Cl)cccc4Cl)CC3CN3CCN(C)CC3)ccc2c1.Cl.Cl. The molecule has 6 nitrogen and oxygen atoms in total. The summed E-state index contributed by atoms with van der Waals surface area (Å²) >= 11 is 12.5. The second-order valence-electron chi connectivity index (χ2n) is 10.6. The van der Waals surface area contributed by atoms with Crippen molar-refractivity contribution in [1.82, 2.24) is 9.80 Å². The summed E-state index contributed by atoms with van der Waals surface area (Å²) in [6.07, 6.45) is 1.25. The molecule has 2 aliphatic rings. The van der Waals surface area contributed by atoms with Crippen LogP contribution in [0.5, 0.6) is 5.75 Å². The fourth-order valence-electron chi connectivity index (χ4n) is 5.79. The number of aliphatic hydroxyl groups is 1. The summed E-state index contributed by atoms with van der Waals surface area (Å²) in [6.45, 7) is 4.60. The van der Waals surface area contributed by atoms with Crippen molar-refractivity contribution in [2.75, 3.05) is 46.9 Å². The number of nitrogens with zero attached hydrogens (tertiary/aromatic N) is 2. The minimum Gasteiger partial charge on any atom is -0.497 e. The number of ether oxygens (including phenoxy) is 2. The molecule has 0 bridgehead atoms. The van der Waals surface area contributed by atoms with Gasteiger partial charge in [-0.3, -0.25) is 0 Å². The van der Waals surface area contributed by atoms with Crippen molar-refractivity contribution in [3.8, 4) is 5.75 Å². The molecule has 218 valence electrons. The highest BCUT2D eigenvalue weighted by atomic mass is 35.5. The molecule has 0 radical (unpaired) electrons. The van der Waals surface area contributed by atoms with Crippen LogP contribution < -0.4 is 4.74 Å². The van der Waals surface area contributed by atoms with Crippen molar-refractivity contribution in [1.29, 1.82) is 0 Å². The van der Waals surface area contributed by atoms with E-state index < -0.39 is 11.6 Å². The topological polar surface area (TPSA) is 62.2 Å². The van der Waals surface area contributed by atoms with Gasteiger partial charge in [0.15, 0.2) is 0 Å². The van der Waals surface area contributed by atoms with Gasteiger partial charge in [-0.2, -0.15) is 0 Å². The number of piperazine rings is 1. The number of halogens is 4. The van der Waals surface area contributed by atoms with E-state index in [1.165, 1.54) is 0 Å². The van der Waals surface area contributed by atoms with Crippen LogP contribution >= 0.6 is 48.0 Å². The van der Waals surface area contributed by atoms with Crippen LogP contribution in [0.25, 0.3) is 10.8 Å². The van der Waals surface area contributed by atoms with E-state index in [0.29, 0.717) is 19.3 Å². The van der Waals surface area contributed by atoms with Crippen LogP contribution in [0.15, 0.2) is 54.6 Å². The normalized spacial score (nSPS) is 23.6. The largest absolute Gasteiger partial charge is 0.497 e. The molecule has 3 aromatic rings. The van der Waals surface area contributed by atoms with Crippen LogP contribution in [0.1, 0.15) is 35.2 Å². The van der Waals surface area contributed by atoms with Crippen LogP contribution in [0.4, 0.5) is 0 Å². The Hall–Kier alpha value is -1.77. The zero-order valence-electron chi connectivity index (χ0n) is 22.6. The molecular formula is C30H36Cl4N2O4. The number of methoxy groups -OCH3 is 1. The molecular weight excluding hydrogens is 594 g/mol. The molecule has 5 rings (SSSR count). The number of hydrogen-bond donors (Lipinski definition) is 1. The lowest BCUT2D eigenvalue weighted by Gasteiger charge is -2.46. The summed E-state index contributed by atoms with van der Waals surface area (Å²) in [5, 5.41) is 14.9. The summed E-state index contributed by atoms with van der Waals surface area (Å²) in [4.78, 5) is 17.8. The maximum Gasteiger partial charge on any atom is 0.341 e.